The van der Waals surface area contributed by atoms with Crippen LogP contribution in [0.15, 0.2) is 58.7 Å². The quantitative estimate of drug-likeness (QED) is 0.430. The molecule has 1 N–H and O–H groups in total. The number of aromatic amines is 1. The average Bonchev–Trinajstić information content (AvgIpc) is 3.52. The number of amides is 1. The Morgan fingerprint density at radius 2 is 2.07 bits per heavy atom. The predicted molar refractivity (Wildman–Crippen MR) is 120 cm³/mol. The lowest BCUT2D eigenvalue weighted by Crippen LogP contribution is -2.27. The van der Waals surface area contributed by atoms with Crippen LogP contribution in [-0.2, 0) is 19.5 Å². The zero-order valence-electron chi connectivity index (χ0n) is 17.3. The fraction of sp³-hybridized carbons (Fsp3) is 0.304. The molecule has 0 spiro atoms. The summed E-state index contributed by atoms with van der Waals surface area (Å²) < 4.78 is 5.63. The van der Waals surface area contributed by atoms with Gasteiger partial charge in [0.15, 0.2) is 5.69 Å². The zero-order chi connectivity index (χ0) is 20.9. The number of nitrogens with one attached hydrogen (secondary N) is 1. The van der Waals surface area contributed by atoms with E-state index in [1.807, 2.05) is 13.0 Å². The van der Waals surface area contributed by atoms with Gasteiger partial charge in [0, 0.05) is 48.7 Å². The predicted octanol–water partition coefficient (Wildman–Crippen LogP) is 4.55. The number of aromatic nitrogens is 2. The van der Waals surface area contributed by atoms with E-state index in [2.05, 4.69) is 56.8 Å². The molecule has 0 aliphatic carbocycles. The minimum Gasteiger partial charge on any atom is -0.447 e. The number of H-pyrrole nitrogens is 1. The van der Waals surface area contributed by atoms with Crippen LogP contribution in [0.5, 0.6) is 0 Å². The molecule has 7 heteroatoms. The van der Waals surface area contributed by atoms with Crippen molar-refractivity contribution in [2.45, 2.75) is 26.4 Å². The summed E-state index contributed by atoms with van der Waals surface area (Å²) in [5.74, 6) is 0.453. The molecule has 0 saturated carbocycles. The first-order valence-corrected chi connectivity index (χ1v) is 11.0. The van der Waals surface area contributed by atoms with Crippen LogP contribution in [0.3, 0.4) is 0 Å². The summed E-state index contributed by atoms with van der Waals surface area (Å²) in [6.45, 7) is 4.81. The Morgan fingerprint density at radius 3 is 2.87 bits per heavy atom. The number of fused-ring (bicyclic) bond motifs is 1. The van der Waals surface area contributed by atoms with E-state index in [9.17, 15) is 4.79 Å². The number of carbonyl (C=O) groups excluding carboxylic acids is 1. The van der Waals surface area contributed by atoms with E-state index in [1.165, 1.54) is 22.1 Å². The Balaban J connectivity index is 1.47. The Morgan fingerprint density at radius 1 is 1.20 bits per heavy atom. The minimum atomic E-state index is -0.115. The summed E-state index contributed by atoms with van der Waals surface area (Å²) >= 11 is 1.75. The molecule has 4 rings (SSSR count). The maximum atomic E-state index is 12.3. The molecule has 0 radical (unpaired) electrons. The summed E-state index contributed by atoms with van der Waals surface area (Å²) in [5, 5.41) is 3.36. The van der Waals surface area contributed by atoms with Gasteiger partial charge in [0.2, 0.25) is 5.89 Å². The number of carbonyl (C=O) groups is 1. The van der Waals surface area contributed by atoms with Gasteiger partial charge in [0.05, 0.1) is 6.54 Å². The monoisotopic (exact) mass is 422 g/mol. The fourth-order valence-electron chi connectivity index (χ4n) is 3.47. The Labute approximate surface area is 180 Å². The summed E-state index contributed by atoms with van der Waals surface area (Å²) in [4.78, 5) is 25.4. The molecule has 0 aliphatic heterocycles. The molecule has 4 aromatic rings. The van der Waals surface area contributed by atoms with E-state index in [-0.39, 0.29) is 5.91 Å². The largest absolute Gasteiger partial charge is 0.447 e. The number of thiophene rings is 1. The van der Waals surface area contributed by atoms with Crippen molar-refractivity contribution in [1.82, 2.24) is 19.8 Å². The van der Waals surface area contributed by atoms with Gasteiger partial charge in [-0.15, -0.1) is 11.3 Å². The molecular formula is C23H26N4O2S. The van der Waals surface area contributed by atoms with Gasteiger partial charge in [-0.2, -0.15) is 0 Å². The molecule has 0 unspecified atom stereocenters. The van der Waals surface area contributed by atoms with Crippen molar-refractivity contribution in [2.24, 2.45) is 0 Å². The minimum absolute atomic E-state index is 0.115. The van der Waals surface area contributed by atoms with Crippen LogP contribution in [0.2, 0.25) is 0 Å². The average molecular weight is 423 g/mol. The Kier molecular flexibility index (Phi) is 6.30. The van der Waals surface area contributed by atoms with Crippen LogP contribution in [-0.4, -0.2) is 45.8 Å². The van der Waals surface area contributed by atoms with Crippen molar-refractivity contribution in [3.8, 4) is 0 Å². The Hall–Kier alpha value is -2.90. The van der Waals surface area contributed by atoms with E-state index in [0.717, 1.165) is 25.0 Å². The molecule has 0 bridgehead atoms. The first kappa shape index (κ1) is 20.4. The normalized spacial score (nSPS) is 11.4. The van der Waals surface area contributed by atoms with Gasteiger partial charge in [-0.3, -0.25) is 9.69 Å². The maximum absolute atomic E-state index is 12.3. The van der Waals surface area contributed by atoms with E-state index < -0.39 is 0 Å². The summed E-state index contributed by atoms with van der Waals surface area (Å²) in [6, 6.07) is 12.6. The standard InChI is InChI=1S/C23H26N4O2S/c1-3-26(2)23(28)21-16-29-22(25-21)15-27(14-18-7-6-12-30-18)11-10-17-13-24-20-9-5-4-8-19(17)20/h4-9,12-13,16,24H,3,10-11,14-15H2,1-2H3. The Bertz CT molecular complexity index is 1100. The lowest BCUT2D eigenvalue weighted by atomic mass is 10.1. The topological polar surface area (TPSA) is 65.4 Å². The van der Waals surface area contributed by atoms with Crippen molar-refractivity contribution in [1.29, 1.82) is 0 Å². The molecule has 3 heterocycles. The fourth-order valence-corrected chi connectivity index (χ4v) is 4.21. The van der Waals surface area contributed by atoms with Crippen LogP contribution in [0, 0.1) is 0 Å². The number of oxazole rings is 1. The lowest BCUT2D eigenvalue weighted by molar-refractivity contribution is 0.0796. The molecule has 0 saturated heterocycles. The number of para-hydroxylation sites is 1. The highest BCUT2D eigenvalue weighted by molar-refractivity contribution is 7.09. The maximum Gasteiger partial charge on any atom is 0.275 e. The first-order chi connectivity index (χ1) is 14.6. The smallest absolute Gasteiger partial charge is 0.275 e. The second-order valence-corrected chi connectivity index (χ2v) is 8.38. The molecule has 6 nitrogen and oxygen atoms in total. The molecule has 1 aromatic carbocycles. The van der Waals surface area contributed by atoms with E-state index in [4.69, 9.17) is 4.42 Å². The molecular weight excluding hydrogens is 396 g/mol. The molecule has 156 valence electrons. The lowest BCUT2D eigenvalue weighted by Gasteiger charge is -2.20. The van der Waals surface area contributed by atoms with Crippen LogP contribution in [0.25, 0.3) is 10.9 Å². The van der Waals surface area contributed by atoms with Gasteiger partial charge >= 0.3 is 0 Å². The second kappa shape index (κ2) is 9.28. The molecule has 3 aromatic heterocycles. The van der Waals surface area contributed by atoms with Crippen LogP contribution in [0.1, 0.15) is 33.7 Å². The van der Waals surface area contributed by atoms with Gasteiger partial charge in [-0.05, 0) is 36.4 Å². The molecule has 0 fully saturated rings. The number of rotatable bonds is 9. The molecule has 0 aliphatic rings. The number of hydrogen-bond acceptors (Lipinski definition) is 5. The third-order valence-corrected chi connectivity index (χ3v) is 6.14. The highest BCUT2D eigenvalue weighted by atomic mass is 32.1. The molecule has 0 atom stereocenters. The van der Waals surface area contributed by atoms with Gasteiger partial charge in [-0.1, -0.05) is 24.3 Å². The van der Waals surface area contributed by atoms with Crippen molar-refractivity contribution in [2.75, 3.05) is 20.1 Å². The van der Waals surface area contributed by atoms with Gasteiger partial charge in [0.1, 0.15) is 6.26 Å². The SMILES string of the molecule is CCN(C)C(=O)c1coc(CN(CCc2c[nH]c3ccccc23)Cc2cccs2)n1. The number of nitrogens with zero attached hydrogens (tertiary/aromatic N) is 3. The van der Waals surface area contributed by atoms with Gasteiger partial charge < -0.3 is 14.3 Å². The highest BCUT2D eigenvalue weighted by Gasteiger charge is 2.18. The summed E-state index contributed by atoms with van der Waals surface area (Å²) in [5.41, 5.74) is 2.82. The van der Waals surface area contributed by atoms with E-state index in [0.29, 0.717) is 24.7 Å². The van der Waals surface area contributed by atoms with Crippen LogP contribution < -0.4 is 0 Å². The van der Waals surface area contributed by atoms with E-state index >= 15 is 0 Å². The third-order valence-electron chi connectivity index (χ3n) is 5.28. The molecule has 30 heavy (non-hydrogen) atoms. The third kappa shape index (κ3) is 4.63. The molecule has 1 amide bonds. The van der Waals surface area contributed by atoms with Crippen molar-refractivity contribution in [3.05, 3.63) is 76.3 Å². The van der Waals surface area contributed by atoms with Crippen molar-refractivity contribution in [3.63, 3.8) is 0 Å². The first-order valence-electron chi connectivity index (χ1n) is 10.1. The van der Waals surface area contributed by atoms with E-state index in [1.54, 1.807) is 23.3 Å². The summed E-state index contributed by atoms with van der Waals surface area (Å²) in [7, 11) is 1.76. The zero-order valence-corrected chi connectivity index (χ0v) is 18.1. The summed E-state index contributed by atoms with van der Waals surface area (Å²) in [6.07, 6.45) is 4.48. The number of hydrogen-bond donors (Lipinski definition) is 1. The second-order valence-electron chi connectivity index (χ2n) is 7.35. The van der Waals surface area contributed by atoms with Crippen LogP contribution >= 0.6 is 11.3 Å². The van der Waals surface area contributed by atoms with Gasteiger partial charge in [0.25, 0.3) is 5.91 Å². The van der Waals surface area contributed by atoms with Gasteiger partial charge in [-0.25, -0.2) is 4.98 Å². The van der Waals surface area contributed by atoms with Crippen LogP contribution in [0.4, 0.5) is 0 Å². The number of benzene rings is 1. The van der Waals surface area contributed by atoms with Crippen molar-refractivity contribution >= 4 is 28.1 Å². The highest BCUT2D eigenvalue weighted by Crippen LogP contribution is 2.20. The van der Waals surface area contributed by atoms with Crippen molar-refractivity contribution < 1.29 is 9.21 Å².